The maximum atomic E-state index is 12.1. The Morgan fingerprint density at radius 2 is 1.40 bits per heavy atom. The van der Waals surface area contributed by atoms with E-state index in [2.05, 4.69) is 0 Å². The van der Waals surface area contributed by atoms with Crippen molar-refractivity contribution < 1.29 is 14.5 Å². The molecule has 2 aromatic carbocycles. The van der Waals surface area contributed by atoms with E-state index in [1.165, 1.54) is 13.8 Å². The summed E-state index contributed by atoms with van der Waals surface area (Å²) in [6.45, 7) is 2.64. The highest BCUT2D eigenvalue weighted by molar-refractivity contribution is 6.01. The third-order valence-electron chi connectivity index (χ3n) is 4.39. The number of nitrogens with zero attached hydrogens (tertiary/aromatic N) is 1. The first-order valence-corrected chi connectivity index (χ1v) is 8.15. The van der Waals surface area contributed by atoms with Gasteiger partial charge >= 0.3 is 0 Å². The fourth-order valence-corrected chi connectivity index (χ4v) is 3.29. The van der Waals surface area contributed by atoms with Crippen LogP contribution in [0.4, 0.5) is 0 Å². The Balaban J connectivity index is 2.52. The number of nitro groups is 1. The third kappa shape index (κ3) is 4.59. The Morgan fingerprint density at radius 1 is 0.920 bits per heavy atom. The van der Waals surface area contributed by atoms with Crippen molar-refractivity contribution in [3.63, 3.8) is 0 Å². The van der Waals surface area contributed by atoms with E-state index in [4.69, 9.17) is 0 Å². The van der Waals surface area contributed by atoms with Gasteiger partial charge in [-0.15, -0.1) is 0 Å². The summed E-state index contributed by atoms with van der Waals surface area (Å²) in [5, 5.41) is 11.9. The van der Waals surface area contributed by atoms with E-state index in [-0.39, 0.29) is 22.9 Å². The van der Waals surface area contributed by atoms with Crippen LogP contribution < -0.4 is 0 Å². The molecular formula is C20H21NO4. The SMILES string of the molecule is CC(=O)C(C(C)=O)[C@H](c1ccccc1)[C@H](Cc1ccccc1)[N+](=O)[O-]. The second-order valence-corrected chi connectivity index (χ2v) is 6.18. The molecule has 0 bridgehead atoms. The van der Waals surface area contributed by atoms with Crippen LogP contribution in [0.1, 0.15) is 30.9 Å². The van der Waals surface area contributed by atoms with Crippen molar-refractivity contribution in [2.75, 3.05) is 0 Å². The maximum Gasteiger partial charge on any atom is 0.225 e. The zero-order valence-corrected chi connectivity index (χ0v) is 14.3. The maximum absolute atomic E-state index is 12.1. The molecular weight excluding hydrogens is 318 g/mol. The van der Waals surface area contributed by atoms with E-state index in [1.54, 1.807) is 30.3 Å². The molecule has 0 unspecified atom stereocenters. The lowest BCUT2D eigenvalue weighted by Crippen LogP contribution is -2.39. The molecule has 5 nitrogen and oxygen atoms in total. The summed E-state index contributed by atoms with van der Waals surface area (Å²) in [6.07, 6.45) is 0.157. The molecule has 2 rings (SSSR count). The zero-order chi connectivity index (χ0) is 18.4. The fraction of sp³-hybridized carbons (Fsp3) is 0.300. The topological polar surface area (TPSA) is 77.3 Å². The minimum absolute atomic E-state index is 0.157. The fourth-order valence-electron chi connectivity index (χ4n) is 3.29. The largest absolute Gasteiger partial charge is 0.299 e. The molecule has 130 valence electrons. The summed E-state index contributed by atoms with van der Waals surface area (Å²) in [6, 6.07) is 16.8. The van der Waals surface area contributed by atoms with E-state index < -0.39 is 17.9 Å². The molecule has 0 saturated carbocycles. The third-order valence-corrected chi connectivity index (χ3v) is 4.39. The van der Waals surface area contributed by atoms with E-state index in [9.17, 15) is 19.7 Å². The normalized spacial score (nSPS) is 13.2. The molecule has 0 aliphatic heterocycles. The van der Waals surface area contributed by atoms with Gasteiger partial charge in [0.15, 0.2) is 0 Å². The van der Waals surface area contributed by atoms with Gasteiger partial charge in [-0.25, -0.2) is 0 Å². The van der Waals surface area contributed by atoms with Gasteiger partial charge in [0.25, 0.3) is 0 Å². The number of ketones is 2. The van der Waals surface area contributed by atoms with Gasteiger partial charge in [-0.1, -0.05) is 60.7 Å². The van der Waals surface area contributed by atoms with Crippen LogP contribution in [0.5, 0.6) is 0 Å². The number of carbonyl (C=O) groups excluding carboxylic acids is 2. The predicted molar refractivity (Wildman–Crippen MR) is 95.0 cm³/mol. The summed E-state index contributed by atoms with van der Waals surface area (Å²) in [7, 11) is 0. The molecule has 25 heavy (non-hydrogen) atoms. The van der Waals surface area contributed by atoms with Crippen molar-refractivity contribution in [2.45, 2.75) is 32.2 Å². The lowest BCUT2D eigenvalue weighted by Gasteiger charge is -2.26. The summed E-state index contributed by atoms with van der Waals surface area (Å²) in [5.74, 6) is -2.52. The van der Waals surface area contributed by atoms with Crippen LogP contribution >= 0.6 is 0 Å². The number of rotatable bonds is 8. The highest BCUT2D eigenvalue weighted by atomic mass is 16.6. The molecule has 0 aliphatic carbocycles. The van der Waals surface area contributed by atoms with E-state index >= 15 is 0 Å². The number of hydrogen-bond acceptors (Lipinski definition) is 4. The second kappa shape index (κ2) is 8.33. The van der Waals surface area contributed by atoms with Gasteiger partial charge in [0.05, 0.1) is 11.8 Å². The summed E-state index contributed by atoms with van der Waals surface area (Å²) in [4.78, 5) is 35.8. The molecule has 0 N–H and O–H groups in total. The number of Topliss-reactive ketones (excluding diaryl/α,β-unsaturated/α-hetero) is 2. The van der Waals surface area contributed by atoms with E-state index in [1.807, 2.05) is 30.3 Å². The van der Waals surface area contributed by atoms with Crippen LogP contribution in [0.15, 0.2) is 60.7 Å². The van der Waals surface area contributed by atoms with Crippen LogP contribution in [0.3, 0.4) is 0 Å². The molecule has 0 heterocycles. The molecule has 2 aromatic rings. The lowest BCUT2D eigenvalue weighted by molar-refractivity contribution is -0.527. The minimum atomic E-state index is -1.07. The van der Waals surface area contributed by atoms with Crippen molar-refractivity contribution in [1.29, 1.82) is 0 Å². The van der Waals surface area contributed by atoms with Crippen molar-refractivity contribution in [1.82, 2.24) is 0 Å². The number of benzene rings is 2. The van der Waals surface area contributed by atoms with Crippen LogP contribution in [-0.2, 0) is 16.0 Å². The van der Waals surface area contributed by atoms with Crippen LogP contribution in [0.25, 0.3) is 0 Å². The summed E-state index contributed by atoms with van der Waals surface area (Å²) < 4.78 is 0. The molecule has 2 atom stereocenters. The van der Waals surface area contributed by atoms with Gasteiger partial charge in [-0.3, -0.25) is 19.7 Å². The van der Waals surface area contributed by atoms with Crippen molar-refractivity contribution in [3.05, 3.63) is 81.9 Å². The summed E-state index contributed by atoms with van der Waals surface area (Å²) in [5.41, 5.74) is 1.44. The van der Waals surface area contributed by atoms with Gasteiger partial charge in [0.1, 0.15) is 11.6 Å². The average Bonchev–Trinajstić information content (AvgIpc) is 2.58. The van der Waals surface area contributed by atoms with Crippen molar-refractivity contribution in [3.8, 4) is 0 Å². The molecule has 0 radical (unpaired) electrons. The molecule has 0 aliphatic rings. The zero-order valence-electron chi connectivity index (χ0n) is 14.3. The highest BCUT2D eigenvalue weighted by Crippen LogP contribution is 2.33. The Hall–Kier alpha value is -2.82. The molecule has 0 fully saturated rings. The van der Waals surface area contributed by atoms with Gasteiger partial charge in [-0.2, -0.15) is 0 Å². The lowest BCUT2D eigenvalue weighted by atomic mass is 9.75. The molecule has 0 spiro atoms. The van der Waals surface area contributed by atoms with Crippen molar-refractivity contribution >= 4 is 11.6 Å². The smallest absolute Gasteiger partial charge is 0.225 e. The van der Waals surface area contributed by atoms with Crippen molar-refractivity contribution in [2.24, 2.45) is 5.92 Å². The predicted octanol–water partition coefficient (Wildman–Crippen LogP) is 3.45. The van der Waals surface area contributed by atoms with Crippen LogP contribution in [0.2, 0.25) is 0 Å². The first-order valence-electron chi connectivity index (χ1n) is 8.15. The summed E-state index contributed by atoms with van der Waals surface area (Å²) >= 11 is 0. The molecule has 0 amide bonds. The Morgan fingerprint density at radius 3 is 1.84 bits per heavy atom. The first kappa shape index (κ1) is 18.5. The molecule has 5 heteroatoms. The quantitative estimate of drug-likeness (QED) is 0.419. The molecule has 0 saturated heterocycles. The number of hydrogen-bond donors (Lipinski definition) is 0. The van der Waals surface area contributed by atoms with Gasteiger partial charge in [0.2, 0.25) is 6.04 Å². The van der Waals surface area contributed by atoms with E-state index in [0.29, 0.717) is 5.56 Å². The van der Waals surface area contributed by atoms with Gasteiger partial charge < -0.3 is 0 Å². The van der Waals surface area contributed by atoms with Gasteiger partial charge in [0, 0.05) is 11.3 Å². The monoisotopic (exact) mass is 339 g/mol. The van der Waals surface area contributed by atoms with Crippen LogP contribution in [0, 0.1) is 16.0 Å². The Kier molecular flexibility index (Phi) is 6.17. The minimum Gasteiger partial charge on any atom is -0.299 e. The van der Waals surface area contributed by atoms with Gasteiger partial charge in [-0.05, 0) is 25.0 Å². The van der Waals surface area contributed by atoms with Crippen LogP contribution in [-0.4, -0.2) is 22.5 Å². The average molecular weight is 339 g/mol. The van der Waals surface area contributed by atoms with E-state index in [0.717, 1.165) is 5.56 Å². The highest BCUT2D eigenvalue weighted by Gasteiger charge is 2.42. The molecule has 0 aromatic heterocycles. The number of carbonyl (C=O) groups is 2. The Labute approximate surface area is 146 Å². The second-order valence-electron chi connectivity index (χ2n) is 6.18. The first-order chi connectivity index (χ1) is 11.9. The Bertz CT molecular complexity index is 729. The standard InChI is InChI=1S/C20H21NO4/c1-14(22)19(15(2)23)20(17-11-7-4-8-12-17)18(21(24)25)13-16-9-5-3-6-10-16/h3-12,18-20H,13H2,1-2H3/t18-,20+/m0/s1.